The second-order valence-electron chi connectivity index (χ2n) is 12.2. The number of nitrogens with one attached hydrogen (secondary N) is 1. The first-order valence-corrected chi connectivity index (χ1v) is 14.1. The first-order chi connectivity index (χ1) is 18.8. The van der Waals surface area contributed by atoms with Gasteiger partial charge in [0.15, 0.2) is 0 Å². The van der Waals surface area contributed by atoms with E-state index < -0.39 is 11.3 Å². The minimum absolute atomic E-state index is 0.103. The molecule has 0 spiro atoms. The number of piperidine rings is 1. The van der Waals surface area contributed by atoms with Gasteiger partial charge in [-0.3, -0.25) is 18.9 Å². The van der Waals surface area contributed by atoms with Crippen LogP contribution in [0.2, 0.25) is 0 Å². The van der Waals surface area contributed by atoms with E-state index in [1.807, 2.05) is 30.5 Å². The largest absolute Gasteiger partial charge is 0.353 e. The van der Waals surface area contributed by atoms with Gasteiger partial charge in [0, 0.05) is 60.5 Å². The number of aromatic amines is 1. The number of alkyl halides is 2. The van der Waals surface area contributed by atoms with E-state index in [1.165, 1.54) is 18.4 Å². The Bertz CT molecular complexity index is 1560. The zero-order chi connectivity index (χ0) is 26.8. The molecule has 1 aromatic carbocycles. The molecular weight excluding hydrogens is 498 g/mol. The fourth-order valence-corrected chi connectivity index (χ4v) is 6.92. The van der Waals surface area contributed by atoms with E-state index >= 15 is 0 Å². The van der Waals surface area contributed by atoms with Crippen molar-refractivity contribution in [2.45, 2.75) is 75.8 Å². The summed E-state index contributed by atoms with van der Waals surface area (Å²) in [6.45, 7) is 5.61. The number of likely N-dealkylation sites (tertiary alicyclic amines) is 1. The summed E-state index contributed by atoms with van der Waals surface area (Å²) < 4.78 is 31.8. The maximum Gasteiger partial charge on any atom is 0.279 e. The molecule has 3 aliphatic rings. The zero-order valence-corrected chi connectivity index (χ0v) is 22.2. The van der Waals surface area contributed by atoms with Gasteiger partial charge in [-0.05, 0) is 73.4 Å². The number of fused-ring (bicyclic) bond motifs is 1. The third-order valence-electron chi connectivity index (χ3n) is 8.90. The molecule has 2 saturated carbocycles. The first-order valence-electron chi connectivity index (χ1n) is 14.1. The minimum atomic E-state index is -2.71. The van der Waals surface area contributed by atoms with Gasteiger partial charge in [-0.15, -0.1) is 5.10 Å². The van der Waals surface area contributed by atoms with Gasteiger partial charge in [0.05, 0.1) is 12.7 Å². The van der Waals surface area contributed by atoms with E-state index in [1.54, 1.807) is 21.6 Å². The molecule has 1 aliphatic heterocycles. The lowest BCUT2D eigenvalue weighted by molar-refractivity contribution is -0.132. The van der Waals surface area contributed by atoms with Crippen LogP contribution >= 0.6 is 0 Å². The molecular formula is C30H34F2N6O. The van der Waals surface area contributed by atoms with Crippen molar-refractivity contribution < 1.29 is 8.78 Å². The highest BCUT2D eigenvalue weighted by Crippen LogP contribution is 2.54. The highest BCUT2D eigenvalue weighted by molar-refractivity contribution is 5.84. The Kier molecular flexibility index (Phi) is 5.77. The Morgan fingerprint density at radius 3 is 2.72 bits per heavy atom. The van der Waals surface area contributed by atoms with Crippen molar-refractivity contribution in [3.63, 3.8) is 0 Å². The van der Waals surface area contributed by atoms with Crippen LogP contribution in [-0.2, 0) is 18.5 Å². The van der Waals surface area contributed by atoms with Crippen LogP contribution in [0.3, 0.4) is 0 Å². The average Bonchev–Trinajstić information content (AvgIpc) is 3.43. The Balaban J connectivity index is 1.27. The molecule has 9 heteroatoms. The van der Waals surface area contributed by atoms with E-state index in [0.29, 0.717) is 29.6 Å². The third kappa shape index (κ3) is 4.60. The van der Waals surface area contributed by atoms with Crippen molar-refractivity contribution >= 4 is 10.9 Å². The number of aromatic nitrogens is 5. The molecule has 3 fully saturated rings. The maximum absolute atomic E-state index is 14.2. The quantitative estimate of drug-likeness (QED) is 0.347. The van der Waals surface area contributed by atoms with E-state index in [9.17, 15) is 13.6 Å². The number of H-pyrrole nitrogens is 1. The van der Waals surface area contributed by atoms with Crippen LogP contribution in [-0.4, -0.2) is 48.5 Å². The molecule has 1 atom stereocenters. The number of hydrogen-bond donors (Lipinski definition) is 1. The SMILES string of the molecule is C[C@H]1CCCN(Cc2cc3c(C4CC4)cn(-c4cccc(C5(Cn6ccnn6)CC(F)(F)C5)c4)c(=O)c3[nH]2)C1. The lowest BCUT2D eigenvalue weighted by Gasteiger charge is -2.47. The Morgan fingerprint density at radius 2 is 2.00 bits per heavy atom. The van der Waals surface area contributed by atoms with Gasteiger partial charge in [-0.2, -0.15) is 0 Å². The molecule has 7 nitrogen and oxygen atoms in total. The molecule has 3 aromatic heterocycles. The summed E-state index contributed by atoms with van der Waals surface area (Å²) >= 11 is 0. The third-order valence-corrected chi connectivity index (χ3v) is 8.90. The van der Waals surface area contributed by atoms with Crippen LogP contribution in [0.25, 0.3) is 16.6 Å². The number of nitrogens with zero attached hydrogens (tertiary/aromatic N) is 5. The van der Waals surface area contributed by atoms with E-state index in [0.717, 1.165) is 49.1 Å². The lowest BCUT2D eigenvalue weighted by atomic mass is 9.62. The van der Waals surface area contributed by atoms with Gasteiger partial charge >= 0.3 is 0 Å². The number of pyridine rings is 1. The summed E-state index contributed by atoms with van der Waals surface area (Å²) in [6, 6.07) is 9.75. The fourth-order valence-electron chi connectivity index (χ4n) is 6.92. The second kappa shape index (κ2) is 9.11. The van der Waals surface area contributed by atoms with E-state index in [2.05, 4.69) is 33.2 Å². The predicted molar refractivity (Wildman–Crippen MR) is 145 cm³/mol. The number of hydrogen-bond acceptors (Lipinski definition) is 4. The Morgan fingerprint density at radius 1 is 1.15 bits per heavy atom. The fraction of sp³-hybridized carbons (Fsp3) is 0.500. The van der Waals surface area contributed by atoms with Crippen molar-refractivity contribution in [3.05, 3.63) is 76.1 Å². The van der Waals surface area contributed by atoms with Gasteiger partial charge in [0.25, 0.3) is 5.56 Å². The molecule has 2 aliphatic carbocycles. The molecule has 39 heavy (non-hydrogen) atoms. The summed E-state index contributed by atoms with van der Waals surface area (Å²) in [5.74, 6) is -1.57. The normalized spacial score (nSPS) is 22.7. The average molecular weight is 533 g/mol. The summed E-state index contributed by atoms with van der Waals surface area (Å²) in [7, 11) is 0. The first kappa shape index (κ1) is 24.7. The van der Waals surface area contributed by atoms with Crippen LogP contribution in [0.5, 0.6) is 0 Å². The van der Waals surface area contributed by atoms with E-state index in [-0.39, 0.29) is 18.4 Å². The summed E-state index contributed by atoms with van der Waals surface area (Å²) in [5.41, 5.74) is 3.55. The highest BCUT2D eigenvalue weighted by atomic mass is 19.3. The van der Waals surface area contributed by atoms with Crippen molar-refractivity contribution in [2.24, 2.45) is 5.92 Å². The van der Waals surface area contributed by atoms with Crippen LogP contribution in [0.15, 0.2) is 53.7 Å². The van der Waals surface area contributed by atoms with Gasteiger partial charge in [-0.1, -0.05) is 24.3 Å². The van der Waals surface area contributed by atoms with Gasteiger partial charge in [0.2, 0.25) is 5.92 Å². The van der Waals surface area contributed by atoms with Gasteiger partial charge in [-0.25, -0.2) is 8.78 Å². The summed E-state index contributed by atoms with van der Waals surface area (Å²) in [6.07, 6.45) is 9.47. The van der Waals surface area contributed by atoms with Crippen LogP contribution in [0.4, 0.5) is 8.78 Å². The smallest absolute Gasteiger partial charge is 0.279 e. The molecule has 204 valence electrons. The van der Waals surface area contributed by atoms with E-state index in [4.69, 9.17) is 0 Å². The summed E-state index contributed by atoms with van der Waals surface area (Å²) in [5, 5.41) is 8.90. The van der Waals surface area contributed by atoms with Crippen LogP contribution < -0.4 is 5.56 Å². The summed E-state index contributed by atoms with van der Waals surface area (Å²) in [4.78, 5) is 19.8. The molecule has 0 bridgehead atoms. The highest BCUT2D eigenvalue weighted by Gasteiger charge is 2.57. The van der Waals surface area contributed by atoms with Crippen molar-refractivity contribution in [1.29, 1.82) is 0 Å². The molecule has 1 saturated heterocycles. The predicted octanol–water partition coefficient (Wildman–Crippen LogP) is 5.39. The molecule has 7 rings (SSSR count). The monoisotopic (exact) mass is 532 g/mol. The van der Waals surface area contributed by atoms with Crippen LogP contribution in [0.1, 0.15) is 68.2 Å². The number of benzene rings is 1. The molecule has 0 radical (unpaired) electrons. The van der Waals surface area contributed by atoms with Crippen molar-refractivity contribution in [2.75, 3.05) is 13.1 Å². The zero-order valence-electron chi connectivity index (χ0n) is 22.2. The van der Waals surface area contributed by atoms with Crippen LogP contribution in [0, 0.1) is 5.92 Å². The maximum atomic E-state index is 14.2. The number of halogens is 2. The Hall–Kier alpha value is -3.33. The lowest BCUT2D eigenvalue weighted by Crippen LogP contribution is -2.52. The molecule has 0 unspecified atom stereocenters. The number of rotatable bonds is 7. The molecule has 4 aromatic rings. The van der Waals surface area contributed by atoms with Crippen molar-refractivity contribution in [3.8, 4) is 5.69 Å². The topological polar surface area (TPSA) is 71.7 Å². The van der Waals surface area contributed by atoms with Gasteiger partial charge < -0.3 is 4.98 Å². The minimum Gasteiger partial charge on any atom is -0.353 e. The van der Waals surface area contributed by atoms with Gasteiger partial charge in [0.1, 0.15) is 5.52 Å². The molecule has 4 heterocycles. The molecule has 1 N–H and O–H groups in total. The standard InChI is InChI=1S/C30H34F2N6O/c1-20-4-3-10-36(14-20)15-23-13-25-26(21-7-8-21)16-38(28(39)27(25)34-23)24-6-2-5-22(12-24)29(17-30(31,32)18-29)19-37-11-9-33-35-37/h2,5-6,9,11-13,16,20-21,34H,3-4,7-8,10,14-15,17-19H2,1H3/t20-/m0/s1. The second-order valence-corrected chi connectivity index (χ2v) is 12.2. The Labute approximate surface area is 225 Å². The molecule has 0 amide bonds. The van der Waals surface area contributed by atoms with Crippen molar-refractivity contribution in [1.82, 2.24) is 29.4 Å².